The van der Waals surface area contributed by atoms with Crippen molar-refractivity contribution in [3.8, 4) is 10.4 Å². The van der Waals surface area contributed by atoms with E-state index in [1.807, 2.05) is 36.4 Å². The summed E-state index contributed by atoms with van der Waals surface area (Å²) >= 11 is 7.39. The van der Waals surface area contributed by atoms with Gasteiger partial charge in [0.05, 0.1) is 11.5 Å². The number of ether oxygens (including phenoxy) is 1. The van der Waals surface area contributed by atoms with Gasteiger partial charge in [-0.05, 0) is 36.8 Å². The van der Waals surface area contributed by atoms with Gasteiger partial charge in [0.1, 0.15) is 0 Å². The summed E-state index contributed by atoms with van der Waals surface area (Å²) < 4.78 is 5.00. The van der Waals surface area contributed by atoms with E-state index >= 15 is 0 Å². The summed E-state index contributed by atoms with van der Waals surface area (Å²) in [6.07, 6.45) is -0.309. The Morgan fingerprint density at radius 2 is 1.68 bits per heavy atom. The number of thiophene rings is 1. The number of hydrogen-bond acceptors (Lipinski definition) is 4. The van der Waals surface area contributed by atoms with Gasteiger partial charge in [0.2, 0.25) is 0 Å². The lowest BCUT2D eigenvalue weighted by Crippen LogP contribution is -2.50. The Hall–Kier alpha value is -2.05. The predicted molar refractivity (Wildman–Crippen MR) is 99.3 cm³/mol. The minimum absolute atomic E-state index is 0.00808. The van der Waals surface area contributed by atoms with Crippen molar-refractivity contribution in [3.63, 3.8) is 0 Å². The van der Waals surface area contributed by atoms with Crippen molar-refractivity contribution < 1.29 is 14.3 Å². The highest BCUT2D eigenvalue weighted by atomic mass is 35.5. The van der Waals surface area contributed by atoms with Gasteiger partial charge in [-0.2, -0.15) is 0 Å². The quantitative estimate of drug-likeness (QED) is 0.811. The zero-order valence-corrected chi connectivity index (χ0v) is 15.5. The smallest absolute Gasteiger partial charge is 0.409 e. The molecule has 0 atom stereocenters. The number of rotatable bonds is 3. The van der Waals surface area contributed by atoms with Crippen molar-refractivity contribution in [1.29, 1.82) is 0 Å². The number of amides is 2. The van der Waals surface area contributed by atoms with Gasteiger partial charge in [0, 0.05) is 36.1 Å². The maximum absolute atomic E-state index is 12.7. The van der Waals surface area contributed by atoms with Crippen molar-refractivity contribution >= 4 is 34.9 Å². The highest BCUT2D eigenvalue weighted by Gasteiger charge is 2.26. The van der Waals surface area contributed by atoms with Crippen LogP contribution in [-0.2, 0) is 4.74 Å². The van der Waals surface area contributed by atoms with Gasteiger partial charge in [0.25, 0.3) is 5.91 Å². The Kier molecular flexibility index (Phi) is 5.60. The van der Waals surface area contributed by atoms with Gasteiger partial charge in [-0.1, -0.05) is 23.7 Å². The lowest BCUT2D eigenvalue weighted by atomic mass is 10.2. The van der Waals surface area contributed by atoms with E-state index in [0.29, 0.717) is 42.7 Å². The van der Waals surface area contributed by atoms with E-state index in [1.54, 1.807) is 16.7 Å². The van der Waals surface area contributed by atoms with Gasteiger partial charge in [-0.3, -0.25) is 4.79 Å². The van der Waals surface area contributed by atoms with Gasteiger partial charge < -0.3 is 14.5 Å². The molecule has 0 spiro atoms. The third-order valence-corrected chi connectivity index (χ3v) is 5.41. The molecule has 1 fully saturated rings. The first-order valence-electron chi connectivity index (χ1n) is 8.15. The molecule has 0 N–H and O–H groups in total. The summed E-state index contributed by atoms with van der Waals surface area (Å²) in [5.74, 6) is 0.00808. The van der Waals surface area contributed by atoms with Crippen molar-refractivity contribution in [1.82, 2.24) is 9.80 Å². The molecule has 0 saturated carbocycles. The van der Waals surface area contributed by atoms with E-state index in [0.717, 1.165) is 10.4 Å². The first kappa shape index (κ1) is 17.8. The zero-order valence-electron chi connectivity index (χ0n) is 13.9. The van der Waals surface area contributed by atoms with Crippen molar-refractivity contribution in [2.45, 2.75) is 6.92 Å². The van der Waals surface area contributed by atoms with Crippen LogP contribution in [0.1, 0.15) is 16.6 Å². The maximum Gasteiger partial charge on any atom is 0.409 e. The minimum Gasteiger partial charge on any atom is -0.450 e. The zero-order chi connectivity index (χ0) is 17.8. The number of carbonyl (C=O) groups excluding carboxylic acids is 2. The number of halogens is 1. The highest BCUT2D eigenvalue weighted by molar-refractivity contribution is 7.17. The normalized spacial score (nSPS) is 14.5. The van der Waals surface area contributed by atoms with E-state index in [1.165, 1.54) is 11.3 Å². The first-order chi connectivity index (χ1) is 12.1. The second-order valence-electron chi connectivity index (χ2n) is 5.65. The second kappa shape index (κ2) is 7.89. The standard InChI is InChI=1S/C18H19ClN2O3S/c1-2-24-18(23)21-11-9-20(10-12-21)17(22)16-8-7-15(25-16)13-3-5-14(19)6-4-13/h3-8H,2,9-12H2,1H3. The van der Waals surface area contributed by atoms with Crippen LogP contribution in [0.5, 0.6) is 0 Å². The number of carbonyl (C=O) groups is 2. The van der Waals surface area contributed by atoms with E-state index in [9.17, 15) is 9.59 Å². The molecule has 5 nitrogen and oxygen atoms in total. The molecule has 0 radical (unpaired) electrons. The lowest BCUT2D eigenvalue weighted by molar-refractivity contribution is 0.0574. The Bertz CT molecular complexity index is 752. The van der Waals surface area contributed by atoms with E-state index < -0.39 is 0 Å². The van der Waals surface area contributed by atoms with E-state index in [2.05, 4.69) is 0 Å². The van der Waals surface area contributed by atoms with Gasteiger partial charge in [-0.15, -0.1) is 11.3 Å². The van der Waals surface area contributed by atoms with Gasteiger partial charge in [0.15, 0.2) is 0 Å². The SMILES string of the molecule is CCOC(=O)N1CCN(C(=O)c2ccc(-c3ccc(Cl)cc3)s2)CC1. The molecular formula is C18H19ClN2O3S. The number of benzene rings is 1. The summed E-state index contributed by atoms with van der Waals surface area (Å²) in [7, 11) is 0. The fraction of sp³-hybridized carbons (Fsp3) is 0.333. The molecule has 2 aromatic rings. The van der Waals surface area contributed by atoms with E-state index in [-0.39, 0.29) is 12.0 Å². The molecule has 0 bridgehead atoms. The first-order valence-corrected chi connectivity index (χ1v) is 9.34. The van der Waals surface area contributed by atoms with Crippen molar-refractivity contribution in [2.75, 3.05) is 32.8 Å². The largest absolute Gasteiger partial charge is 0.450 e. The van der Waals surface area contributed by atoms with Crippen molar-refractivity contribution in [3.05, 3.63) is 46.3 Å². The Morgan fingerprint density at radius 1 is 1.04 bits per heavy atom. The summed E-state index contributed by atoms with van der Waals surface area (Å²) in [4.78, 5) is 29.6. The van der Waals surface area contributed by atoms with Crippen molar-refractivity contribution in [2.24, 2.45) is 0 Å². The predicted octanol–water partition coefficient (Wildman–Crippen LogP) is 3.98. The summed E-state index contributed by atoms with van der Waals surface area (Å²) in [5, 5.41) is 0.691. The van der Waals surface area contributed by atoms with Crippen LogP contribution in [0.2, 0.25) is 5.02 Å². The number of piperazine rings is 1. The molecule has 132 valence electrons. The van der Waals surface area contributed by atoms with Crippen LogP contribution in [0.25, 0.3) is 10.4 Å². The third-order valence-electron chi connectivity index (χ3n) is 4.04. The van der Waals surface area contributed by atoms with Gasteiger partial charge in [-0.25, -0.2) is 4.79 Å². The van der Waals surface area contributed by atoms with Crippen LogP contribution in [0.3, 0.4) is 0 Å². The van der Waals surface area contributed by atoms with Crippen LogP contribution < -0.4 is 0 Å². The topological polar surface area (TPSA) is 49.9 Å². The maximum atomic E-state index is 12.7. The summed E-state index contributed by atoms with van der Waals surface area (Å²) in [5.41, 5.74) is 1.04. The third kappa shape index (κ3) is 4.14. The monoisotopic (exact) mass is 378 g/mol. The minimum atomic E-state index is -0.309. The average Bonchev–Trinajstić information content (AvgIpc) is 3.12. The molecule has 2 amide bonds. The molecule has 2 heterocycles. The van der Waals surface area contributed by atoms with Crippen LogP contribution >= 0.6 is 22.9 Å². The molecule has 1 aliphatic heterocycles. The molecule has 0 unspecified atom stereocenters. The van der Waals surface area contributed by atoms with Gasteiger partial charge >= 0.3 is 6.09 Å². The molecule has 1 aromatic carbocycles. The fourth-order valence-electron chi connectivity index (χ4n) is 2.68. The molecule has 7 heteroatoms. The molecule has 1 aliphatic rings. The van der Waals surface area contributed by atoms with Crippen LogP contribution in [0, 0.1) is 0 Å². The summed E-state index contributed by atoms with van der Waals surface area (Å²) in [6.45, 7) is 4.19. The molecule has 25 heavy (non-hydrogen) atoms. The number of hydrogen-bond donors (Lipinski definition) is 0. The Labute approximate surface area is 155 Å². The average molecular weight is 379 g/mol. The molecular weight excluding hydrogens is 360 g/mol. The Balaban J connectivity index is 1.63. The lowest BCUT2D eigenvalue weighted by Gasteiger charge is -2.33. The van der Waals surface area contributed by atoms with Crippen LogP contribution in [0.4, 0.5) is 4.79 Å². The Morgan fingerprint density at radius 3 is 2.32 bits per heavy atom. The molecule has 1 aromatic heterocycles. The molecule has 1 saturated heterocycles. The molecule has 0 aliphatic carbocycles. The fourth-order valence-corrected chi connectivity index (χ4v) is 3.79. The van der Waals surface area contributed by atoms with Crippen LogP contribution in [0.15, 0.2) is 36.4 Å². The summed E-state index contributed by atoms with van der Waals surface area (Å²) in [6, 6.07) is 11.4. The highest BCUT2D eigenvalue weighted by Crippen LogP contribution is 2.29. The number of nitrogens with zero attached hydrogens (tertiary/aromatic N) is 2. The van der Waals surface area contributed by atoms with E-state index in [4.69, 9.17) is 16.3 Å². The molecule has 3 rings (SSSR count). The second-order valence-corrected chi connectivity index (χ2v) is 7.17. The van der Waals surface area contributed by atoms with Crippen LogP contribution in [-0.4, -0.2) is 54.6 Å².